The topological polar surface area (TPSA) is 81.4 Å². The average molecular weight is 393 g/mol. The summed E-state index contributed by atoms with van der Waals surface area (Å²) in [6, 6.07) is 12.0. The number of aryl methyl sites for hydroxylation is 1. The zero-order valence-corrected chi connectivity index (χ0v) is 15.0. The largest absolute Gasteiger partial charge is 0.456 e. The second-order valence-corrected chi connectivity index (χ2v) is 6.25. The standard InChI is InChI=1S/C18H14Cl2N2O4/c19-11-5-6-13(12(20)9-11)21-16(23)10-25-18(24)8-7-17-22-14-3-1-2-4-15(14)26-17/h1-6,9H,7-8,10H2,(H,21,23). The van der Waals surface area contributed by atoms with Gasteiger partial charge in [0.25, 0.3) is 5.91 Å². The highest BCUT2D eigenvalue weighted by molar-refractivity contribution is 6.36. The van der Waals surface area contributed by atoms with Crippen LogP contribution in [0.4, 0.5) is 5.69 Å². The van der Waals surface area contributed by atoms with Crippen LogP contribution in [0.1, 0.15) is 12.3 Å². The third-order valence-electron chi connectivity index (χ3n) is 3.45. The molecule has 0 spiro atoms. The van der Waals surface area contributed by atoms with Gasteiger partial charge in [-0.25, -0.2) is 4.98 Å². The van der Waals surface area contributed by atoms with Crippen molar-refractivity contribution in [1.29, 1.82) is 0 Å². The van der Waals surface area contributed by atoms with Crippen molar-refractivity contribution in [2.24, 2.45) is 0 Å². The van der Waals surface area contributed by atoms with Crippen LogP contribution in [-0.4, -0.2) is 23.5 Å². The Kier molecular flexibility index (Phi) is 5.75. The normalized spacial score (nSPS) is 10.7. The molecular formula is C18H14Cl2N2O4. The molecule has 1 amide bonds. The van der Waals surface area contributed by atoms with E-state index in [1.807, 2.05) is 18.2 Å². The fraction of sp³-hybridized carbons (Fsp3) is 0.167. The van der Waals surface area contributed by atoms with Crippen molar-refractivity contribution in [3.63, 3.8) is 0 Å². The maximum absolute atomic E-state index is 11.8. The summed E-state index contributed by atoms with van der Waals surface area (Å²) in [4.78, 5) is 27.9. The first-order valence-corrected chi connectivity index (χ1v) is 8.52. The number of fused-ring (bicyclic) bond motifs is 1. The summed E-state index contributed by atoms with van der Waals surface area (Å²) >= 11 is 11.8. The van der Waals surface area contributed by atoms with Crippen molar-refractivity contribution in [3.8, 4) is 0 Å². The molecule has 0 radical (unpaired) electrons. The van der Waals surface area contributed by atoms with E-state index in [-0.39, 0.29) is 12.8 Å². The van der Waals surface area contributed by atoms with Gasteiger partial charge in [-0.2, -0.15) is 0 Å². The number of amides is 1. The van der Waals surface area contributed by atoms with Crippen LogP contribution in [0.5, 0.6) is 0 Å². The average Bonchev–Trinajstić information content (AvgIpc) is 3.03. The molecule has 0 fully saturated rings. The molecule has 0 aliphatic carbocycles. The van der Waals surface area contributed by atoms with Crippen LogP contribution in [-0.2, 0) is 20.7 Å². The number of ether oxygens (including phenoxy) is 1. The molecule has 0 saturated carbocycles. The molecule has 8 heteroatoms. The lowest BCUT2D eigenvalue weighted by Crippen LogP contribution is -2.21. The van der Waals surface area contributed by atoms with E-state index in [4.69, 9.17) is 32.4 Å². The summed E-state index contributed by atoms with van der Waals surface area (Å²) in [5.41, 5.74) is 1.79. The van der Waals surface area contributed by atoms with Gasteiger partial charge in [-0.15, -0.1) is 0 Å². The van der Waals surface area contributed by atoms with E-state index in [9.17, 15) is 9.59 Å². The van der Waals surface area contributed by atoms with Gasteiger partial charge in [0.05, 0.1) is 17.1 Å². The van der Waals surface area contributed by atoms with E-state index in [1.165, 1.54) is 6.07 Å². The predicted molar refractivity (Wildman–Crippen MR) is 98.4 cm³/mol. The van der Waals surface area contributed by atoms with Crippen molar-refractivity contribution >= 4 is 51.9 Å². The molecule has 1 aromatic heterocycles. The number of aromatic nitrogens is 1. The van der Waals surface area contributed by atoms with Crippen molar-refractivity contribution in [3.05, 3.63) is 58.4 Å². The summed E-state index contributed by atoms with van der Waals surface area (Å²) in [5, 5.41) is 3.30. The molecule has 0 atom stereocenters. The first-order valence-electron chi connectivity index (χ1n) is 7.76. The molecule has 0 aliphatic heterocycles. The van der Waals surface area contributed by atoms with Gasteiger partial charge in [0.2, 0.25) is 0 Å². The highest BCUT2D eigenvalue weighted by atomic mass is 35.5. The molecule has 6 nitrogen and oxygen atoms in total. The molecule has 0 bridgehead atoms. The number of carbonyl (C=O) groups is 2. The number of benzene rings is 2. The van der Waals surface area contributed by atoms with Crippen molar-refractivity contribution in [1.82, 2.24) is 4.98 Å². The number of nitrogens with zero attached hydrogens (tertiary/aromatic N) is 1. The third kappa shape index (κ3) is 4.74. The number of hydrogen-bond donors (Lipinski definition) is 1. The number of rotatable bonds is 6. The minimum atomic E-state index is -0.524. The molecule has 1 heterocycles. The molecule has 0 unspecified atom stereocenters. The zero-order chi connectivity index (χ0) is 18.5. The second kappa shape index (κ2) is 8.21. The second-order valence-electron chi connectivity index (χ2n) is 5.41. The number of para-hydroxylation sites is 2. The van der Waals surface area contributed by atoms with E-state index in [0.717, 1.165) is 5.52 Å². The Balaban J connectivity index is 1.45. The van der Waals surface area contributed by atoms with E-state index >= 15 is 0 Å². The van der Waals surface area contributed by atoms with Crippen LogP contribution in [0.2, 0.25) is 10.0 Å². The Morgan fingerprint density at radius 2 is 1.96 bits per heavy atom. The van der Waals surface area contributed by atoms with E-state index < -0.39 is 18.5 Å². The molecule has 134 valence electrons. The third-order valence-corrected chi connectivity index (χ3v) is 4.00. The fourth-order valence-electron chi connectivity index (χ4n) is 2.23. The lowest BCUT2D eigenvalue weighted by Gasteiger charge is -2.08. The Morgan fingerprint density at radius 1 is 1.15 bits per heavy atom. The number of nitrogens with one attached hydrogen (secondary N) is 1. The van der Waals surface area contributed by atoms with E-state index in [0.29, 0.717) is 27.2 Å². The Bertz CT molecular complexity index is 922. The number of anilines is 1. The SMILES string of the molecule is O=C(COC(=O)CCc1nc2ccccc2o1)Nc1ccc(Cl)cc1Cl. The Morgan fingerprint density at radius 3 is 2.73 bits per heavy atom. The highest BCUT2D eigenvalue weighted by Crippen LogP contribution is 2.25. The van der Waals surface area contributed by atoms with E-state index in [2.05, 4.69) is 10.3 Å². The monoisotopic (exact) mass is 392 g/mol. The van der Waals surface area contributed by atoms with Crippen molar-refractivity contribution in [2.45, 2.75) is 12.8 Å². The van der Waals surface area contributed by atoms with Crippen LogP contribution < -0.4 is 5.32 Å². The van der Waals surface area contributed by atoms with Crippen LogP contribution >= 0.6 is 23.2 Å². The summed E-state index contributed by atoms with van der Waals surface area (Å²) in [7, 11) is 0. The fourth-order valence-corrected chi connectivity index (χ4v) is 2.69. The first kappa shape index (κ1) is 18.2. The van der Waals surface area contributed by atoms with Gasteiger partial charge in [0.15, 0.2) is 18.1 Å². The van der Waals surface area contributed by atoms with Gasteiger partial charge >= 0.3 is 5.97 Å². The molecule has 26 heavy (non-hydrogen) atoms. The number of halogens is 2. The summed E-state index contributed by atoms with van der Waals surface area (Å²) in [6.07, 6.45) is 0.347. The van der Waals surface area contributed by atoms with Gasteiger partial charge in [0, 0.05) is 11.4 Å². The summed E-state index contributed by atoms with van der Waals surface area (Å²) < 4.78 is 10.5. The lowest BCUT2D eigenvalue weighted by atomic mass is 10.3. The molecule has 2 aromatic carbocycles. The number of carbonyl (C=O) groups excluding carboxylic acids is 2. The minimum absolute atomic E-state index is 0.0573. The van der Waals surface area contributed by atoms with Gasteiger partial charge in [-0.1, -0.05) is 35.3 Å². The van der Waals surface area contributed by atoms with Crippen LogP contribution in [0.3, 0.4) is 0 Å². The van der Waals surface area contributed by atoms with Crippen LogP contribution in [0, 0.1) is 0 Å². The van der Waals surface area contributed by atoms with E-state index in [1.54, 1.807) is 18.2 Å². The van der Waals surface area contributed by atoms with Gasteiger partial charge in [-0.05, 0) is 30.3 Å². The van der Waals surface area contributed by atoms with Gasteiger partial charge in [0.1, 0.15) is 5.52 Å². The minimum Gasteiger partial charge on any atom is -0.456 e. The Labute approximate surface area is 159 Å². The molecule has 1 N–H and O–H groups in total. The van der Waals surface area contributed by atoms with Crippen LogP contribution in [0.15, 0.2) is 46.9 Å². The molecule has 3 aromatic rings. The van der Waals surface area contributed by atoms with Gasteiger partial charge < -0.3 is 14.5 Å². The predicted octanol–water partition coefficient (Wildman–Crippen LogP) is 4.25. The Hall–Kier alpha value is -2.57. The lowest BCUT2D eigenvalue weighted by molar-refractivity contribution is -0.147. The maximum atomic E-state index is 11.8. The number of esters is 1. The maximum Gasteiger partial charge on any atom is 0.306 e. The highest BCUT2D eigenvalue weighted by Gasteiger charge is 2.12. The first-order chi connectivity index (χ1) is 12.5. The number of hydrogen-bond acceptors (Lipinski definition) is 5. The number of oxazole rings is 1. The quantitative estimate of drug-likeness (QED) is 0.634. The molecular weight excluding hydrogens is 379 g/mol. The molecule has 0 saturated heterocycles. The van der Waals surface area contributed by atoms with Crippen molar-refractivity contribution in [2.75, 3.05) is 11.9 Å². The zero-order valence-electron chi connectivity index (χ0n) is 13.5. The smallest absolute Gasteiger partial charge is 0.306 e. The summed E-state index contributed by atoms with van der Waals surface area (Å²) in [5.74, 6) is -0.574. The molecule has 3 rings (SSSR count). The van der Waals surface area contributed by atoms with Crippen LogP contribution in [0.25, 0.3) is 11.1 Å². The summed E-state index contributed by atoms with van der Waals surface area (Å²) in [6.45, 7) is -0.411. The van der Waals surface area contributed by atoms with Gasteiger partial charge in [-0.3, -0.25) is 9.59 Å². The van der Waals surface area contributed by atoms with Crippen molar-refractivity contribution < 1.29 is 18.7 Å². The molecule has 0 aliphatic rings.